The third kappa shape index (κ3) is 10.4. The first-order valence-electron chi connectivity index (χ1n) is 10.2. The Morgan fingerprint density at radius 2 is 1.67 bits per heavy atom. The molecular formula is C20H40N2O5. The van der Waals surface area contributed by atoms with Gasteiger partial charge in [-0.1, -0.05) is 13.8 Å². The van der Waals surface area contributed by atoms with Gasteiger partial charge in [0, 0.05) is 46.7 Å². The second-order valence-corrected chi connectivity index (χ2v) is 7.34. The van der Waals surface area contributed by atoms with Crippen molar-refractivity contribution in [1.29, 1.82) is 0 Å². The molecule has 0 heterocycles. The summed E-state index contributed by atoms with van der Waals surface area (Å²) in [7, 11) is 0. The van der Waals surface area contributed by atoms with Crippen LogP contribution in [0.5, 0.6) is 0 Å². The van der Waals surface area contributed by atoms with E-state index in [1.807, 2.05) is 20.8 Å². The van der Waals surface area contributed by atoms with Crippen LogP contribution in [0, 0.1) is 11.8 Å². The monoisotopic (exact) mass is 388 g/mol. The Morgan fingerprint density at radius 1 is 1.00 bits per heavy atom. The summed E-state index contributed by atoms with van der Waals surface area (Å²) in [5, 5.41) is 5.92. The van der Waals surface area contributed by atoms with E-state index in [1.54, 1.807) is 0 Å². The van der Waals surface area contributed by atoms with Crippen LogP contribution in [0.3, 0.4) is 0 Å². The summed E-state index contributed by atoms with van der Waals surface area (Å²) in [5.41, 5.74) is 0. The summed E-state index contributed by atoms with van der Waals surface area (Å²) in [6.45, 7) is 8.02. The number of Topliss-reactive ketones (excluding diaryl/α,β-unsaturated/α-hetero) is 1. The smallest absolute Gasteiger partial charge is 0.223 e. The Hall–Kier alpha value is -1.47. The molecule has 0 unspecified atom stereocenters. The molecule has 0 saturated heterocycles. The minimum atomic E-state index is 0. The Bertz CT molecular complexity index is 470. The van der Waals surface area contributed by atoms with Crippen LogP contribution in [0.1, 0.15) is 62.1 Å². The zero-order valence-electron chi connectivity index (χ0n) is 17.1. The lowest BCUT2D eigenvalue weighted by molar-refractivity contribution is -0.127. The van der Waals surface area contributed by atoms with Crippen molar-refractivity contribution in [3.05, 3.63) is 0 Å². The van der Waals surface area contributed by atoms with Crippen molar-refractivity contribution >= 4 is 17.6 Å². The van der Waals surface area contributed by atoms with Crippen LogP contribution < -0.4 is 10.6 Å². The Labute approximate surface area is 165 Å². The summed E-state index contributed by atoms with van der Waals surface area (Å²) in [6.07, 6.45) is 4.03. The van der Waals surface area contributed by atoms with E-state index in [2.05, 4.69) is 10.6 Å². The standard InChI is InChI=1S/C20H36N2O5.2H2/c1-4-26-13-10-19(24)22-17-7-5-16(6-8-17)20(25)21-11-14-27-12-9-18(23)15(2)3;;/h15-17H,4-14H2,1-3H3,(H,21,25)(H,22,24);2*1H. The van der Waals surface area contributed by atoms with Crippen LogP contribution in [0.25, 0.3) is 0 Å². The van der Waals surface area contributed by atoms with Gasteiger partial charge in [0.2, 0.25) is 11.8 Å². The zero-order valence-corrected chi connectivity index (χ0v) is 17.1. The van der Waals surface area contributed by atoms with Crippen molar-refractivity contribution in [3.8, 4) is 0 Å². The van der Waals surface area contributed by atoms with Gasteiger partial charge in [-0.2, -0.15) is 0 Å². The molecular weight excluding hydrogens is 348 g/mol. The van der Waals surface area contributed by atoms with Crippen LogP contribution in [0.15, 0.2) is 0 Å². The predicted octanol–water partition coefficient (Wildman–Crippen LogP) is 2.33. The molecule has 160 valence electrons. The number of carbonyl (C=O) groups excluding carboxylic acids is 3. The second-order valence-electron chi connectivity index (χ2n) is 7.34. The highest BCUT2D eigenvalue weighted by Crippen LogP contribution is 2.24. The topological polar surface area (TPSA) is 93.7 Å². The molecule has 1 aliphatic rings. The normalized spacial score (nSPS) is 19.7. The van der Waals surface area contributed by atoms with Crippen molar-refractivity contribution in [2.45, 2.75) is 65.3 Å². The largest absolute Gasteiger partial charge is 0.381 e. The van der Waals surface area contributed by atoms with E-state index in [1.165, 1.54) is 0 Å². The highest BCUT2D eigenvalue weighted by atomic mass is 16.5. The lowest BCUT2D eigenvalue weighted by atomic mass is 9.85. The average molecular weight is 389 g/mol. The fraction of sp³-hybridized carbons (Fsp3) is 0.850. The van der Waals surface area contributed by atoms with E-state index in [-0.39, 0.29) is 38.3 Å². The van der Waals surface area contributed by atoms with Gasteiger partial charge in [-0.3, -0.25) is 14.4 Å². The van der Waals surface area contributed by atoms with E-state index in [4.69, 9.17) is 9.47 Å². The van der Waals surface area contributed by atoms with E-state index in [9.17, 15) is 14.4 Å². The number of ketones is 1. The minimum Gasteiger partial charge on any atom is -0.381 e. The number of rotatable bonds is 13. The molecule has 27 heavy (non-hydrogen) atoms. The van der Waals surface area contributed by atoms with Gasteiger partial charge in [-0.05, 0) is 32.6 Å². The molecule has 0 aliphatic heterocycles. The van der Waals surface area contributed by atoms with Crippen LogP contribution in [0.4, 0.5) is 0 Å². The highest BCUT2D eigenvalue weighted by molar-refractivity contribution is 5.80. The Morgan fingerprint density at radius 3 is 2.30 bits per heavy atom. The molecule has 1 fully saturated rings. The van der Waals surface area contributed by atoms with Crippen molar-refractivity contribution in [3.63, 3.8) is 0 Å². The zero-order chi connectivity index (χ0) is 20.1. The van der Waals surface area contributed by atoms with E-state index in [0.29, 0.717) is 45.8 Å². The average Bonchev–Trinajstić information content (AvgIpc) is 2.64. The van der Waals surface area contributed by atoms with Crippen molar-refractivity contribution in [2.24, 2.45) is 11.8 Å². The fourth-order valence-corrected chi connectivity index (χ4v) is 3.06. The first-order chi connectivity index (χ1) is 12.9. The van der Waals surface area contributed by atoms with Gasteiger partial charge in [-0.15, -0.1) is 0 Å². The molecule has 0 bridgehead atoms. The SMILES string of the molecule is CCOCCC(=O)NC1CCC(C(=O)NCCOCCC(=O)C(C)C)CC1.[HH].[HH]. The number of ether oxygens (including phenoxy) is 2. The van der Waals surface area contributed by atoms with Gasteiger partial charge >= 0.3 is 0 Å². The molecule has 7 heteroatoms. The van der Waals surface area contributed by atoms with Crippen molar-refractivity contribution < 1.29 is 26.7 Å². The molecule has 0 aromatic rings. The Balaban J connectivity index is 0. The molecule has 0 radical (unpaired) electrons. The van der Waals surface area contributed by atoms with Gasteiger partial charge in [-0.25, -0.2) is 0 Å². The number of nitrogens with one attached hydrogen (secondary N) is 2. The number of carbonyl (C=O) groups is 3. The maximum atomic E-state index is 12.2. The van der Waals surface area contributed by atoms with Crippen LogP contribution >= 0.6 is 0 Å². The number of hydrogen-bond donors (Lipinski definition) is 2. The van der Waals surface area contributed by atoms with E-state index in [0.717, 1.165) is 25.7 Å². The molecule has 1 aliphatic carbocycles. The maximum Gasteiger partial charge on any atom is 0.223 e. The summed E-state index contributed by atoms with van der Waals surface area (Å²) in [4.78, 5) is 35.5. The fourth-order valence-electron chi connectivity index (χ4n) is 3.06. The van der Waals surface area contributed by atoms with Crippen molar-refractivity contribution in [2.75, 3.05) is 33.0 Å². The molecule has 0 aromatic carbocycles. The number of hydrogen-bond acceptors (Lipinski definition) is 5. The first kappa shape index (κ1) is 23.6. The Kier molecular flexibility index (Phi) is 11.9. The van der Waals surface area contributed by atoms with E-state index >= 15 is 0 Å². The predicted molar refractivity (Wildman–Crippen MR) is 108 cm³/mol. The molecule has 0 atom stereocenters. The van der Waals surface area contributed by atoms with Gasteiger partial charge in [0.05, 0.1) is 19.8 Å². The second kappa shape index (κ2) is 13.7. The van der Waals surface area contributed by atoms with Gasteiger partial charge in [0.15, 0.2) is 0 Å². The summed E-state index contributed by atoms with van der Waals surface area (Å²) < 4.78 is 10.6. The quantitative estimate of drug-likeness (QED) is 0.472. The highest BCUT2D eigenvalue weighted by Gasteiger charge is 2.26. The summed E-state index contributed by atoms with van der Waals surface area (Å²) in [5.74, 6) is 0.310. The molecule has 7 nitrogen and oxygen atoms in total. The van der Waals surface area contributed by atoms with Gasteiger partial charge in [0.1, 0.15) is 5.78 Å². The third-order valence-electron chi connectivity index (χ3n) is 4.82. The minimum absolute atomic E-state index is 0. The van der Waals surface area contributed by atoms with E-state index < -0.39 is 0 Å². The molecule has 2 amide bonds. The summed E-state index contributed by atoms with van der Waals surface area (Å²) in [6, 6.07) is 0.157. The van der Waals surface area contributed by atoms with Crippen molar-refractivity contribution in [1.82, 2.24) is 10.6 Å². The molecule has 0 aromatic heterocycles. The van der Waals surface area contributed by atoms with Crippen LogP contribution in [-0.4, -0.2) is 56.6 Å². The molecule has 2 N–H and O–H groups in total. The maximum absolute atomic E-state index is 12.2. The molecule has 1 saturated carbocycles. The summed E-state index contributed by atoms with van der Waals surface area (Å²) >= 11 is 0. The number of amides is 2. The lowest BCUT2D eigenvalue weighted by Crippen LogP contribution is -2.41. The molecule has 1 rings (SSSR count). The van der Waals surface area contributed by atoms with Crippen LogP contribution in [-0.2, 0) is 23.9 Å². The molecule has 0 spiro atoms. The van der Waals surface area contributed by atoms with Gasteiger partial charge < -0.3 is 20.1 Å². The lowest BCUT2D eigenvalue weighted by Gasteiger charge is -2.28. The van der Waals surface area contributed by atoms with Crippen LogP contribution in [0.2, 0.25) is 0 Å². The third-order valence-corrected chi connectivity index (χ3v) is 4.82. The van der Waals surface area contributed by atoms with Gasteiger partial charge in [0.25, 0.3) is 0 Å². The first-order valence-corrected chi connectivity index (χ1v) is 10.2.